The van der Waals surface area contributed by atoms with Crippen molar-refractivity contribution >= 4 is 11.8 Å². The predicted molar refractivity (Wildman–Crippen MR) is 91.8 cm³/mol. The number of amides is 2. The topological polar surface area (TPSA) is 90.4 Å². The van der Waals surface area contributed by atoms with Gasteiger partial charge in [-0.25, -0.2) is 4.39 Å². The minimum absolute atomic E-state index is 0.112. The number of nitrogens with zero attached hydrogens (tertiary/aromatic N) is 3. The van der Waals surface area contributed by atoms with Gasteiger partial charge in [-0.05, 0) is 30.3 Å². The number of aromatic nitrogens is 2. The van der Waals surface area contributed by atoms with Crippen LogP contribution in [0.2, 0.25) is 0 Å². The molecule has 1 fully saturated rings. The minimum Gasteiger partial charge on any atom is -0.490 e. The number of piperidine rings is 1. The van der Waals surface area contributed by atoms with Crippen molar-refractivity contribution in [3.8, 4) is 5.75 Å². The van der Waals surface area contributed by atoms with Gasteiger partial charge >= 0.3 is 0 Å². The SMILES string of the molecule is Cn1nccc1C(=O)N1CC[C@H](Oc2ccc(F)cc2)[C@@H](CC(N)=O)C1. The third-order valence-electron chi connectivity index (χ3n) is 4.56. The van der Waals surface area contributed by atoms with E-state index in [0.717, 1.165) is 0 Å². The molecule has 1 aromatic heterocycles. The summed E-state index contributed by atoms with van der Waals surface area (Å²) < 4.78 is 20.5. The van der Waals surface area contributed by atoms with Crippen molar-refractivity contribution in [2.45, 2.75) is 18.9 Å². The number of nitrogens with two attached hydrogens (primary N) is 1. The highest BCUT2D eigenvalue weighted by Crippen LogP contribution is 2.26. The molecule has 3 rings (SSSR count). The van der Waals surface area contributed by atoms with Crippen LogP contribution in [-0.2, 0) is 11.8 Å². The van der Waals surface area contributed by atoms with Crippen LogP contribution in [0.4, 0.5) is 4.39 Å². The summed E-state index contributed by atoms with van der Waals surface area (Å²) in [6.07, 6.45) is 1.96. The number of hydrogen-bond acceptors (Lipinski definition) is 4. The number of carbonyl (C=O) groups is 2. The van der Waals surface area contributed by atoms with Crippen molar-refractivity contribution in [1.29, 1.82) is 0 Å². The molecule has 0 aliphatic carbocycles. The van der Waals surface area contributed by atoms with Gasteiger partial charge in [0.25, 0.3) is 5.91 Å². The summed E-state index contributed by atoms with van der Waals surface area (Å²) >= 11 is 0. The Morgan fingerprint density at radius 3 is 2.65 bits per heavy atom. The number of hydrogen-bond donors (Lipinski definition) is 1. The number of benzene rings is 1. The molecule has 0 radical (unpaired) electrons. The van der Waals surface area contributed by atoms with Crippen LogP contribution in [0.25, 0.3) is 0 Å². The van der Waals surface area contributed by atoms with E-state index in [2.05, 4.69) is 5.10 Å². The summed E-state index contributed by atoms with van der Waals surface area (Å²) in [6, 6.07) is 7.39. The maximum atomic E-state index is 13.1. The van der Waals surface area contributed by atoms with Gasteiger partial charge in [0.2, 0.25) is 5.91 Å². The molecule has 2 aromatic rings. The molecular formula is C18H21FN4O3. The fraction of sp³-hybridized carbons (Fsp3) is 0.389. The predicted octanol–water partition coefficient (Wildman–Crippen LogP) is 1.34. The van der Waals surface area contributed by atoms with Gasteiger partial charge in [0.05, 0.1) is 0 Å². The summed E-state index contributed by atoms with van der Waals surface area (Å²) in [7, 11) is 1.71. The average molecular weight is 360 g/mol. The number of halogens is 1. The molecule has 0 saturated carbocycles. The minimum atomic E-state index is -0.447. The highest BCUT2D eigenvalue weighted by Gasteiger charge is 2.34. The van der Waals surface area contributed by atoms with E-state index in [1.807, 2.05) is 0 Å². The van der Waals surface area contributed by atoms with Gasteiger partial charge in [-0.1, -0.05) is 0 Å². The van der Waals surface area contributed by atoms with Crippen molar-refractivity contribution in [2.75, 3.05) is 13.1 Å². The Morgan fingerprint density at radius 2 is 2.04 bits per heavy atom. The lowest BCUT2D eigenvalue weighted by Gasteiger charge is -2.38. The molecule has 138 valence electrons. The fourth-order valence-electron chi connectivity index (χ4n) is 3.24. The van der Waals surface area contributed by atoms with Crippen molar-refractivity contribution in [2.24, 2.45) is 18.7 Å². The molecule has 0 bridgehead atoms. The Labute approximate surface area is 150 Å². The van der Waals surface area contributed by atoms with Crippen molar-refractivity contribution in [3.05, 3.63) is 48.0 Å². The summed E-state index contributed by atoms with van der Waals surface area (Å²) in [5, 5.41) is 4.02. The largest absolute Gasteiger partial charge is 0.490 e. The summed E-state index contributed by atoms with van der Waals surface area (Å²) in [5.41, 5.74) is 5.86. The lowest BCUT2D eigenvalue weighted by Crippen LogP contribution is -2.49. The molecule has 1 saturated heterocycles. The molecular weight excluding hydrogens is 339 g/mol. The Morgan fingerprint density at radius 1 is 1.31 bits per heavy atom. The van der Waals surface area contributed by atoms with Crippen molar-refractivity contribution in [1.82, 2.24) is 14.7 Å². The molecule has 2 atom stereocenters. The molecule has 26 heavy (non-hydrogen) atoms. The number of ether oxygens (including phenoxy) is 1. The van der Waals surface area contributed by atoms with Crippen LogP contribution in [0.15, 0.2) is 36.5 Å². The van der Waals surface area contributed by atoms with Crippen LogP contribution in [0.5, 0.6) is 5.75 Å². The van der Waals surface area contributed by atoms with Crippen LogP contribution in [0.3, 0.4) is 0 Å². The van der Waals surface area contributed by atoms with Crippen LogP contribution in [0, 0.1) is 11.7 Å². The highest BCUT2D eigenvalue weighted by atomic mass is 19.1. The van der Waals surface area contributed by atoms with E-state index in [9.17, 15) is 14.0 Å². The molecule has 2 heterocycles. The number of primary amides is 1. The summed E-state index contributed by atoms with van der Waals surface area (Å²) in [5.74, 6) is -0.638. The maximum Gasteiger partial charge on any atom is 0.272 e. The van der Waals surface area contributed by atoms with E-state index in [1.54, 1.807) is 36.3 Å². The van der Waals surface area contributed by atoms with Gasteiger partial charge in [0, 0.05) is 45.1 Å². The number of likely N-dealkylation sites (tertiary alicyclic amines) is 1. The first kappa shape index (κ1) is 17.9. The van der Waals surface area contributed by atoms with Gasteiger partial charge in [-0.2, -0.15) is 5.10 Å². The molecule has 1 aliphatic heterocycles. The zero-order valence-corrected chi connectivity index (χ0v) is 14.5. The van der Waals surface area contributed by atoms with Crippen LogP contribution < -0.4 is 10.5 Å². The molecule has 0 spiro atoms. The quantitative estimate of drug-likeness (QED) is 0.871. The second-order valence-corrected chi connectivity index (χ2v) is 6.42. The normalized spacial score (nSPS) is 20.0. The van der Waals surface area contributed by atoms with Gasteiger partial charge in [-0.3, -0.25) is 14.3 Å². The molecule has 2 amide bonds. The van der Waals surface area contributed by atoms with Crippen LogP contribution >= 0.6 is 0 Å². The van der Waals surface area contributed by atoms with E-state index in [-0.39, 0.29) is 30.2 Å². The van der Waals surface area contributed by atoms with E-state index in [0.29, 0.717) is 31.0 Å². The maximum absolute atomic E-state index is 13.1. The average Bonchev–Trinajstić information content (AvgIpc) is 3.03. The Balaban J connectivity index is 1.72. The molecule has 0 unspecified atom stereocenters. The summed E-state index contributed by atoms with van der Waals surface area (Å²) in [6.45, 7) is 0.851. The van der Waals surface area contributed by atoms with E-state index in [1.165, 1.54) is 16.8 Å². The van der Waals surface area contributed by atoms with E-state index in [4.69, 9.17) is 10.5 Å². The molecule has 2 N–H and O–H groups in total. The lowest BCUT2D eigenvalue weighted by atomic mass is 9.91. The first-order valence-corrected chi connectivity index (χ1v) is 8.42. The third-order valence-corrected chi connectivity index (χ3v) is 4.56. The standard InChI is InChI=1S/C18H21FN4O3/c1-22-15(6-8-21-22)18(25)23-9-7-16(12(11-23)10-17(20)24)26-14-4-2-13(19)3-5-14/h2-6,8,12,16H,7,9-11H2,1H3,(H2,20,24)/t12-,16-/m0/s1. The van der Waals surface area contributed by atoms with Crippen LogP contribution in [0.1, 0.15) is 23.3 Å². The highest BCUT2D eigenvalue weighted by molar-refractivity contribution is 5.92. The van der Waals surface area contributed by atoms with Crippen LogP contribution in [-0.4, -0.2) is 45.7 Å². The first-order chi connectivity index (χ1) is 12.4. The van der Waals surface area contributed by atoms with Gasteiger partial charge in [-0.15, -0.1) is 0 Å². The molecule has 7 nitrogen and oxygen atoms in total. The Bertz CT molecular complexity index is 790. The van der Waals surface area contributed by atoms with Crippen molar-refractivity contribution < 1.29 is 18.7 Å². The Hall–Kier alpha value is -2.90. The van der Waals surface area contributed by atoms with Gasteiger partial charge in [0.1, 0.15) is 23.4 Å². The number of aryl methyl sites for hydroxylation is 1. The van der Waals surface area contributed by atoms with E-state index < -0.39 is 5.91 Å². The smallest absolute Gasteiger partial charge is 0.272 e. The number of carbonyl (C=O) groups excluding carboxylic acids is 2. The molecule has 1 aliphatic rings. The summed E-state index contributed by atoms with van der Waals surface area (Å²) in [4.78, 5) is 25.8. The molecule has 1 aromatic carbocycles. The monoisotopic (exact) mass is 360 g/mol. The zero-order chi connectivity index (χ0) is 18.7. The zero-order valence-electron chi connectivity index (χ0n) is 14.5. The second-order valence-electron chi connectivity index (χ2n) is 6.42. The third kappa shape index (κ3) is 4.01. The fourth-order valence-corrected chi connectivity index (χ4v) is 3.24. The Kier molecular flexibility index (Phi) is 5.20. The lowest BCUT2D eigenvalue weighted by molar-refractivity contribution is -0.120. The van der Waals surface area contributed by atoms with Crippen molar-refractivity contribution in [3.63, 3.8) is 0 Å². The number of rotatable bonds is 5. The second kappa shape index (κ2) is 7.55. The molecule has 8 heteroatoms. The van der Waals surface area contributed by atoms with E-state index >= 15 is 0 Å². The first-order valence-electron chi connectivity index (χ1n) is 8.42. The van der Waals surface area contributed by atoms with Gasteiger partial charge in [0.15, 0.2) is 0 Å². The van der Waals surface area contributed by atoms with Gasteiger partial charge < -0.3 is 15.4 Å².